The number of halogens is 2. The summed E-state index contributed by atoms with van der Waals surface area (Å²) < 4.78 is 33.5. The van der Waals surface area contributed by atoms with E-state index in [9.17, 15) is 13.6 Å². The van der Waals surface area contributed by atoms with Crippen molar-refractivity contribution in [3.63, 3.8) is 0 Å². The minimum atomic E-state index is -0.486. The highest BCUT2D eigenvalue weighted by atomic mass is 32.1. The molecule has 0 unspecified atom stereocenters. The topological polar surface area (TPSA) is 44.1 Å². The molecule has 7 heteroatoms. The third kappa shape index (κ3) is 3.21. The largest absolute Gasteiger partial charge is 0.494 e. The number of nitrogens with zero attached hydrogens (tertiary/aromatic N) is 2. The van der Waals surface area contributed by atoms with Crippen molar-refractivity contribution in [3.05, 3.63) is 81.7 Å². The summed E-state index contributed by atoms with van der Waals surface area (Å²) in [5.74, 6) is -0.675. The molecule has 27 heavy (non-hydrogen) atoms. The molecule has 4 rings (SSSR count). The maximum atomic E-state index is 13.9. The van der Waals surface area contributed by atoms with Gasteiger partial charge in [0.2, 0.25) is 0 Å². The van der Waals surface area contributed by atoms with Gasteiger partial charge in [-0.15, -0.1) is 11.3 Å². The molecule has 4 nitrogen and oxygen atoms in total. The number of rotatable bonds is 4. The van der Waals surface area contributed by atoms with Gasteiger partial charge in [-0.05, 0) is 35.4 Å². The minimum absolute atomic E-state index is 0.149. The zero-order valence-electron chi connectivity index (χ0n) is 14.3. The van der Waals surface area contributed by atoms with Crippen molar-refractivity contribution in [2.45, 2.75) is 6.54 Å². The molecular formula is C20H14F2N2O2S. The van der Waals surface area contributed by atoms with Crippen molar-refractivity contribution in [1.29, 1.82) is 0 Å². The monoisotopic (exact) mass is 384 g/mol. The number of benzene rings is 2. The van der Waals surface area contributed by atoms with E-state index in [0.29, 0.717) is 21.3 Å². The molecule has 0 fully saturated rings. The Kier molecular flexibility index (Phi) is 4.45. The smallest absolute Gasteiger partial charge is 0.263 e. The number of hydrogen-bond acceptors (Lipinski definition) is 4. The van der Waals surface area contributed by atoms with Crippen LogP contribution in [0.2, 0.25) is 0 Å². The molecular weight excluding hydrogens is 370 g/mol. The zero-order valence-corrected chi connectivity index (χ0v) is 15.1. The lowest BCUT2D eigenvalue weighted by atomic mass is 10.1. The van der Waals surface area contributed by atoms with E-state index in [0.717, 1.165) is 5.56 Å². The molecule has 0 saturated heterocycles. The fourth-order valence-corrected chi connectivity index (χ4v) is 3.83. The van der Waals surface area contributed by atoms with Gasteiger partial charge in [-0.3, -0.25) is 9.36 Å². The van der Waals surface area contributed by atoms with Gasteiger partial charge in [-0.25, -0.2) is 13.8 Å². The molecule has 0 aliphatic rings. The summed E-state index contributed by atoms with van der Waals surface area (Å²) in [7, 11) is 1.40. The minimum Gasteiger partial charge on any atom is -0.494 e. The van der Waals surface area contributed by atoms with Gasteiger partial charge in [-0.2, -0.15) is 0 Å². The zero-order chi connectivity index (χ0) is 19.0. The molecule has 0 aliphatic heterocycles. The van der Waals surface area contributed by atoms with E-state index >= 15 is 0 Å². The third-order valence-corrected chi connectivity index (χ3v) is 5.17. The van der Waals surface area contributed by atoms with E-state index in [1.54, 1.807) is 18.2 Å². The summed E-state index contributed by atoms with van der Waals surface area (Å²) in [4.78, 5) is 18.0. The molecule has 0 N–H and O–H groups in total. The number of aromatic nitrogens is 2. The van der Waals surface area contributed by atoms with Crippen molar-refractivity contribution in [3.8, 4) is 16.9 Å². The Morgan fingerprint density at radius 3 is 2.63 bits per heavy atom. The van der Waals surface area contributed by atoms with Crippen LogP contribution in [0.3, 0.4) is 0 Å². The van der Waals surface area contributed by atoms with Crippen LogP contribution in [-0.2, 0) is 6.54 Å². The second-order valence-electron chi connectivity index (χ2n) is 5.98. The number of methoxy groups -OCH3 is 1. The molecule has 136 valence electrons. The van der Waals surface area contributed by atoms with Crippen LogP contribution in [0.25, 0.3) is 21.3 Å². The van der Waals surface area contributed by atoms with Crippen LogP contribution in [0.15, 0.2) is 59.0 Å². The molecule has 0 bridgehead atoms. The normalized spacial score (nSPS) is 11.1. The number of ether oxygens (including phenoxy) is 1. The average molecular weight is 384 g/mol. The van der Waals surface area contributed by atoms with Gasteiger partial charge in [0.05, 0.1) is 25.4 Å². The first kappa shape index (κ1) is 17.4. The molecule has 0 radical (unpaired) electrons. The SMILES string of the molecule is COc1ccc(Cn2cnc3scc(-c4ccc(F)cc4)c3c2=O)cc1F. The quantitative estimate of drug-likeness (QED) is 0.522. The van der Waals surface area contributed by atoms with Gasteiger partial charge < -0.3 is 4.74 Å². The highest BCUT2D eigenvalue weighted by molar-refractivity contribution is 7.17. The van der Waals surface area contributed by atoms with Crippen LogP contribution >= 0.6 is 11.3 Å². The molecule has 4 aromatic rings. The van der Waals surface area contributed by atoms with Crippen molar-refractivity contribution < 1.29 is 13.5 Å². The summed E-state index contributed by atoms with van der Waals surface area (Å²) >= 11 is 1.35. The number of thiophene rings is 1. The molecule has 2 aromatic heterocycles. The lowest BCUT2D eigenvalue weighted by Gasteiger charge is -2.08. The summed E-state index contributed by atoms with van der Waals surface area (Å²) in [6.45, 7) is 0.182. The first-order valence-electron chi connectivity index (χ1n) is 8.12. The lowest BCUT2D eigenvalue weighted by Crippen LogP contribution is -2.21. The lowest BCUT2D eigenvalue weighted by molar-refractivity contribution is 0.386. The predicted octanol–water partition coefficient (Wildman–Crippen LogP) is 4.46. The molecule has 0 saturated carbocycles. The Hall–Kier alpha value is -3.06. The van der Waals surface area contributed by atoms with Crippen LogP contribution in [0.4, 0.5) is 8.78 Å². The molecule has 0 amide bonds. The van der Waals surface area contributed by atoms with Gasteiger partial charge >= 0.3 is 0 Å². The van der Waals surface area contributed by atoms with E-state index in [1.165, 1.54) is 53.6 Å². The number of hydrogen-bond donors (Lipinski definition) is 0. The van der Waals surface area contributed by atoms with Gasteiger partial charge in [0.1, 0.15) is 10.6 Å². The first-order valence-corrected chi connectivity index (χ1v) is 9.00. The Labute approximate surface area is 157 Å². The van der Waals surface area contributed by atoms with Crippen molar-refractivity contribution in [2.75, 3.05) is 7.11 Å². The van der Waals surface area contributed by atoms with Gasteiger partial charge in [0.25, 0.3) is 5.56 Å². The van der Waals surface area contributed by atoms with E-state index < -0.39 is 5.82 Å². The van der Waals surface area contributed by atoms with E-state index in [2.05, 4.69) is 4.98 Å². The highest BCUT2D eigenvalue weighted by Gasteiger charge is 2.14. The highest BCUT2D eigenvalue weighted by Crippen LogP contribution is 2.30. The average Bonchev–Trinajstić information content (AvgIpc) is 3.10. The predicted molar refractivity (Wildman–Crippen MR) is 101 cm³/mol. The number of fused-ring (bicyclic) bond motifs is 1. The van der Waals surface area contributed by atoms with Gasteiger partial charge in [-0.1, -0.05) is 18.2 Å². The summed E-state index contributed by atoms with van der Waals surface area (Å²) in [6, 6.07) is 10.5. The molecule has 0 spiro atoms. The van der Waals surface area contributed by atoms with Crippen LogP contribution in [0, 0.1) is 11.6 Å². The van der Waals surface area contributed by atoms with Crippen LogP contribution in [-0.4, -0.2) is 16.7 Å². The molecule has 0 aliphatic carbocycles. The second kappa shape index (κ2) is 6.92. The summed E-state index contributed by atoms with van der Waals surface area (Å²) in [6.07, 6.45) is 1.46. The van der Waals surface area contributed by atoms with Crippen LogP contribution in [0.5, 0.6) is 5.75 Å². The third-order valence-electron chi connectivity index (χ3n) is 4.29. The van der Waals surface area contributed by atoms with Gasteiger partial charge in [0.15, 0.2) is 11.6 Å². The van der Waals surface area contributed by atoms with Crippen LogP contribution < -0.4 is 10.3 Å². The summed E-state index contributed by atoms with van der Waals surface area (Å²) in [5.41, 5.74) is 1.85. The van der Waals surface area contributed by atoms with Crippen molar-refractivity contribution in [1.82, 2.24) is 9.55 Å². The molecule has 2 aromatic carbocycles. The maximum absolute atomic E-state index is 13.9. The molecule has 0 atom stereocenters. The molecule has 2 heterocycles. The fraction of sp³-hybridized carbons (Fsp3) is 0.100. The van der Waals surface area contributed by atoms with Crippen LogP contribution in [0.1, 0.15) is 5.56 Å². The Morgan fingerprint density at radius 1 is 1.15 bits per heavy atom. The summed E-state index contributed by atoms with van der Waals surface area (Å²) in [5, 5.41) is 2.31. The van der Waals surface area contributed by atoms with E-state index in [1.807, 2.05) is 5.38 Å². The Morgan fingerprint density at radius 2 is 1.93 bits per heavy atom. The fourth-order valence-electron chi connectivity index (χ4n) is 2.93. The second-order valence-corrected chi connectivity index (χ2v) is 6.84. The van der Waals surface area contributed by atoms with E-state index in [4.69, 9.17) is 4.74 Å². The van der Waals surface area contributed by atoms with Gasteiger partial charge in [0, 0.05) is 10.9 Å². The standard InChI is InChI=1S/C20H14F2N2O2S/c1-26-17-7-2-12(8-16(17)22)9-24-11-23-19-18(20(24)25)15(10-27-19)13-3-5-14(21)6-4-13/h2-8,10-11H,9H2,1H3. The van der Waals surface area contributed by atoms with Crippen molar-refractivity contribution >= 4 is 21.6 Å². The first-order chi connectivity index (χ1) is 13.1. The Balaban J connectivity index is 1.78. The maximum Gasteiger partial charge on any atom is 0.263 e. The van der Waals surface area contributed by atoms with E-state index in [-0.39, 0.29) is 23.7 Å². The van der Waals surface area contributed by atoms with Crippen molar-refractivity contribution in [2.24, 2.45) is 0 Å². The Bertz CT molecular complexity index is 1180.